The maximum atomic E-state index is 13.8. The number of aromatic amines is 1. The smallest absolute Gasteiger partial charge is 0.133 e. The van der Waals surface area contributed by atoms with Crippen LogP contribution in [-0.2, 0) is 6.42 Å². The van der Waals surface area contributed by atoms with Gasteiger partial charge in [-0.05, 0) is 24.6 Å². The molecule has 5 heteroatoms. The van der Waals surface area contributed by atoms with Gasteiger partial charge in [-0.25, -0.2) is 13.8 Å². The van der Waals surface area contributed by atoms with E-state index in [4.69, 9.17) is 12.2 Å². The van der Waals surface area contributed by atoms with Crippen molar-refractivity contribution in [1.29, 1.82) is 0 Å². The highest BCUT2D eigenvalue weighted by Gasteiger charge is 2.12. The first-order chi connectivity index (χ1) is 8.63. The molecule has 0 radical (unpaired) electrons. The van der Waals surface area contributed by atoms with Crippen LogP contribution in [0.15, 0.2) is 24.5 Å². The van der Waals surface area contributed by atoms with Crippen molar-refractivity contribution in [3.8, 4) is 11.3 Å². The zero-order chi connectivity index (χ0) is 13.1. The molecule has 0 aliphatic heterocycles. The van der Waals surface area contributed by atoms with Crippen LogP contribution in [0.1, 0.15) is 18.9 Å². The van der Waals surface area contributed by atoms with Gasteiger partial charge in [0.15, 0.2) is 0 Å². The maximum Gasteiger partial charge on any atom is 0.133 e. The van der Waals surface area contributed by atoms with Crippen molar-refractivity contribution in [2.45, 2.75) is 19.8 Å². The minimum absolute atomic E-state index is 0.187. The van der Waals surface area contributed by atoms with Crippen LogP contribution in [0, 0.1) is 16.3 Å². The zero-order valence-electron chi connectivity index (χ0n) is 9.84. The third kappa shape index (κ3) is 2.46. The minimum Gasteiger partial charge on any atom is -0.345 e. The van der Waals surface area contributed by atoms with E-state index in [1.165, 1.54) is 6.33 Å². The van der Waals surface area contributed by atoms with E-state index in [1.54, 1.807) is 0 Å². The summed E-state index contributed by atoms with van der Waals surface area (Å²) in [6, 6.07) is 3.36. The summed E-state index contributed by atoms with van der Waals surface area (Å²) < 4.78 is 27.4. The molecule has 18 heavy (non-hydrogen) atoms. The molecule has 0 atom stereocenters. The van der Waals surface area contributed by atoms with Gasteiger partial charge < -0.3 is 4.98 Å². The Bertz CT molecular complexity index is 623. The molecular weight excluding hydrogens is 254 g/mol. The molecular formula is C13H12F2N2S. The quantitative estimate of drug-likeness (QED) is 0.849. The Kier molecular flexibility index (Phi) is 3.81. The summed E-state index contributed by atoms with van der Waals surface area (Å²) in [7, 11) is 0. The van der Waals surface area contributed by atoms with Crippen molar-refractivity contribution in [3.05, 3.63) is 46.4 Å². The van der Waals surface area contributed by atoms with Crippen molar-refractivity contribution in [3.63, 3.8) is 0 Å². The monoisotopic (exact) mass is 266 g/mol. The van der Waals surface area contributed by atoms with Gasteiger partial charge in [0, 0.05) is 11.1 Å². The van der Waals surface area contributed by atoms with E-state index in [9.17, 15) is 8.78 Å². The summed E-state index contributed by atoms with van der Waals surface area (Å²) in [4.78, 5) is 6.84. The van der Waals surface area contributed by atoms with Gasteiger partial charge in [0.1, 0.15) is 16.3 Å². The highest BCUT2D eigenvalue weighted by molar-refractivity contribution is 7.71. The maximum absolute atomic E-state index is 13.8. The van der Waals surface area contributed by atoms with Crippen LogP contribution in [-0.4, -0.2) is 9.97 Å². The third-order valence-corrected chi connectivity index (χ3v) is 3.00. The fourth-order valence-corrected chi connectivity index (χ4v) is 2.10. The van der Waals surface area contributed by atoms with Gasteiger partial charge in [0.05, 0.1) is 12.0 Å². The number of aromatic nitrogens is 2. The first-order valence-electron chi connectivity index (χ1n) is 5.65. The van der Waals surface area contributed by atoms with Crippen LogP contribution in [0.4, 0.5) is 8.78 Å². The predicted molar refractivity (Wildman–Crippen MR) is 68.8 cm³/mol. The first kappa shape index (κ1) is 12.8. The van der Waals surface area contributed by atoms with Crippen molar-refractivity contribution in [2.75, 3.05) is 0 Å². The van der Waals surface area contributed by atoms with Gasteiger partial charge >= 0.3 is 0 Å². The molecule has 1 N–H and O–H groups in total. The molecule has 0 amide bonds. The van der Waals surface area contributed by atoms with Crippen LogP contribution in [0.2, 0.25) is 0 Å². The van der Waals surface area contributed by atoms with Gasteiger partial charge in [-0.3, -0.25) is 0 Å². The van der Waals surface area contributed by atoms with Gasteiger partial charge in [-0.1, -0.05) is 25.6 Å². The van der Waals surface area contributed by atoms with Crippen LogP contribution < -0.4 is 0 Å². The molecule has 0 saturated carbocycles. The van der Waals surface area contributed by atoms with E-state index in [0.717, 1.165) is 30.2 Å². The minimum atomic E-state index is -0.482. The van der Waals surface area contributed by atoms with Crippen LogP contribution in [0.25, 0.3) is 11.3 Å². The van der Waals surface area contributed by atoms with Gasteiger partial charge in [-0.2, -0.15) is 0 Å². The highest BCUT2D eigenvalue weighted by Crippen LogP contribution is 2.26. The second-order valence-corrected chi connectivity index (χ2v) is 4.32. The summed E-state index contributed by atoms with van der Waals surface area (Å²) in [6.07, 6.45) is 2.93. The molecule has 1 aromatic heterocycles. The third-order valence-electron chi connectivity index (χ3n) is 2.65. The number of halogens is 2. The SMILES string of the molecule is CCCc1c(-c2cc(F)ccc2F)[nH]cnc1=S. The standard InChI is InChI=1S/C13H12F2N2S/c1-2-3-9-12(16-7-17-13(9)18)10-6-8(14)4-5-11(10)15/h4-7H,2-3H2,1H3,(H,16,17,18). The average Bonchev–Trinajstić information content (AvgIpc) is 2.35. The van der Waals surface area contributed by atoms with Crippen molar-refractivity contribution in [2.24, 2.45) is 0 Å². The number of nitrogens with one attached hydrogen (secondary N) is 1. The Morgan fingerprint density at radius 1 is 1.33 bits per heavy atom. The van der Waals surface area contributed by atoms with E-state index < -0.39 is 11.6 Å². The lowest BCUT2D eigenvalue weighted by Crippen LogP contribution is -1.98. The van der Waals surface area contributed by atoms with Crippen molar-refractivity contribution >= 4 is 12.2 Å². The molecule has 0 unspecified atom stereocenters. The molecule has 2 aromatic rings. The van der Waals surface area contributed by atoms with Crippen molar-refractivity contribution in [1.82, 2.24) is 9.97 Å². The summed E-state index contributed by atoms with van der Waals surface area (Å²) in [5.41, 5.74) is 1.44. The highest BCUT2D eigenvalue weighted by atomic mass is 32.1. The topological polar surface area (TPSA) is 28.7 Å². The number of hydrogen-bond acceptors (Lipinski definition) is 2. The molecule has 1 heterocycles. The van der Waals surface area contributed by atoms with E-state index >= 15 is 0 Å². The lowest BCUT2D eigenvalue weighted by Gasteiger charge is -2.09. The first-order valence-corrected chi connectivity index (χ1v) is 6.06. The molecule has 0 spiro atoms. The molecule has 2 nitrogen and oxygen atoms in total. The fraction of sp³-hybridized carbons (Fsp3) is 0.231. The van der Waals surface area contributed by atoms with Crippen LogP contribution in [0.3, 0.4) is 0 Å². The van der Waals surface area contributed by atoms with E-state index in [2.05, 4.69) is 9.97 Å². The Balaban J connectivity index is 2.67. The van der Waals surface area contributed by atoms with E-state index in [0.29, 0.717) is 16.8 Å². The zero-order valence-corrected chi connectivity index (χ0v) is 10.7. The molecule has 94 valence electrons. The lowest BCUT2D eigenvalue weighted by atomic mass is 10.0. The van der Waals surface area contributed by atoms with Gasteiger partial charge in [0.25, 0.3) is 0 Å². The van der Waals surface area contributed by atoms with Crippen molar-refractivity contribution < 1.29 is 8.78 Å². The summed E-state index contributed by atoms with van der Waals surface area (Å²) in [5.74, 6) is -0.962. The number of hydrogen-bond donors (Lipinski definition) is 1. The van der Waals surface area contributed by atoms with Gasteiger partial charge in [0.2, 0.25) is 0 Å². The number of rotatable bonds is 3. The lowest BCUT2D eigenvalue weighted by molar-refractivity contribution is 0.602. The second-order valence-electron chi connectivity index (χ2n) is 3.94. The Morgan fingerprint density at radius 2 is 2.11 bits per heavy atom. The number of benzene rings is 1. The predicted octanol–water partition coefficient (Wildman–Crippen LogP) is 4.04. The summed E-state index contributed by atoms with van der Waals surface area (Å²) in [6.45, 7) is 1.99. The molecule has 2 rings (SSSR count). The Labute approximate surface area is 109 Å². The summed E-state index contributed by atoms with van der Waals surface area (Å²) >= 11 is 5.13. The van der Waals surface area contributed by atoms with Gasteiger partial charge in [-0.15, -0.1) is 0 Å². The Hall–Kier alpha value is -1.62. The molecule has 0 aliphatic rings. The summed E-state index contributed by atoms with van der Waals surface area (Å²) in [5, 5.41) is 0. The fourth-order valence-electron chi connectivity index (χ4n) is 1.84. The number of H-pyrrole nitrogens is 1. The van der Waals surface area contributed by atoms with E-state index in [-0.39, 0.29) is 5.56 Å². The molecule has 0 saturated heterocycles. The van der Waals surface area contributed by atoms with Crippen LogP contribution in [0.5, 0.6) is 0 Å². The normalized spacial score (nSPS) is 10.6. The largest absolute Gasteiger partial charge is 0.345 e. The van der Waals surface area contributed by atoms with E-state index in [1.807, 2.05) is 6.92 Å². The molecule has 0 fully saturated rings. The second kappa shape index (κ2) is 5.35. The average molecular weight is 266 g/mol. The molecule has 0 aliphatic carbocycles. The molecule has 0 bridgehead atoms. The molecule has 1 aromatic carbocycles. The number of nitrogens with zero attached hydrogens (tertiary/aromatic N) is 1. The van der Waals surface area contributed by atoms with Crippen LogP contribution >= 0.6 is 12.2 Å². The Morgan fingerprint density at radius 3 is 2.83 bits per heavy atom.